The van der Waals surface area contributed by atoms with Crippen molar-refractivity contribution >= 4 is 5.69 Å². The molecule has 1 heterocycles. The molecule has 1 atom stereocenters. The third kappa shape index (κ3) is 1.41. The van der Waals surface area contributed by atoms with Gasteiger partial charge < -0.3 is 5.32 Å². The number of anilines is 1. The zero-order chi connectivity index (χ0) is 9.42. The molecule has 0 aliphatic carbocycles. The van der Waals surface area contributed by atoms with Gasteiger partial charge in [0.1, 0.15) is 5.82 Å². The Morgan fingerprint density at radius 2 is 2.23 bits per heavy atom. The molecule has 0 aromatic heterocycles. The van der Waals surface area contributed by atoms with Crippen LogP contribution in [0.3, 0.4) is 0 Å². The van der Waals surface area contributed by atoms with Crippen LogP contribution in [0.15, 0.2) is 18.2 Å². The largest absolute Gasteiger partial charge is 0.384 e. The zero-order valence-corrected chi connectivity index (χ0v) is 7.97. The number of nitrogens with one attached hydrogen (secondary N) is 1. The van der Waals surface area contributed by atoms with Gasteiger partial charge in [-0.3, -0.25) is 0 Å². The fraction of sp³-hybridized carbons (Fsp3) is 0.455. The Hall–Kier alpha value is -1.05. The van der Waals surface area contributed by atoms with Crippen molar-refractivity contribution in [3.8, 4) is 0 Å². The van der Waals surface area contributed by atoms with Gasteiger partial charge in [-0.2, -0.15) is 0 Å². The first-order chi connectivity index (χ1) is 6.18. The van der Waals surface area contributed by atoms with E-state index in [1.54, 1.807) is 6.07 Å². The fourth-order valence-electron chi connectivity index (χ4n) is 1.93. The average Bonchev–Trinajstić information content (AvgIpc) is 2.46. The number of rotatable bonds is 1. The maximum atomic E-state index is 13.0. The van der Waals surface area contributed by atoms with Gasteiger partial charge in [-0.15, -0.1) is 0 Å². The summed E-state index contributed by atoms with van der Waals surface area (Å²) < 4.78 is 13.0. The lowest BCUT2D eigenvalue weighted by atomic mass is 9.90. The first kappa shape index (κ1) is 8.54. The Balaban J connectivity index is 2.40. The molecule has 0 saturated heterocycles. The molecule has 1 nitrogen and oxygen atoms in total. The van der Waals surface area contributed by atoms with Gasteiger partial charge in [0, 0.05) is 18.2 Å². The summed E-state index contributed by atoms with van der Waals surface area (Å²) in [6.45, 7) is 5.29. The minimum atomic E-state index is -0.131. The average molecular weight is 179 g/mol. The van der Waals surface area contributed by atoms with Crippen molar-refractivity contribution in [1.82, 2.24) is 0 Å². The number of hydrogen-bond acceptors (Lipinski definition) is 1. The van der Waals surface area contributed by atoms with Gasteiger partial charge >= 0.3 is 0 Å². The van der Waals surface area contributed by atoms with Crippen LogP contribution in [0.5, 0.6) is 0 Å². The Labute approximate surface area is 78.0 Å². The summed E-state index contributed by atoms with van der Waals surface area (Å²) in [5.74, 6) is 0.898. The predicted molar refractivity (Wildman–Crippen MR) is 52.5 cm³/mol. The molecule has 13 heavy (non-hydrogen) atoms. The van der Waals surface area contributed by atoms with Gasteiger partial charge in [-0.1, -0.05) is 13.8 Å². The van der Waals surface area contributed by atoms with Crippen LogP contribution in [-0.4, -0.2) is 6.54 Å². The van der Waals surface area contributed by atoms with Crippen LogP contribution in [0.2, 0.25) is 0 Å². The van der Waals surface area contributed by atoms with E-state index in [9.17, 15) is 4.39 Å². The summed E-state index contributed by atoms with van der Waals surface area (Å²) in [6.07, 6.45) is 0. The first-order valence-corrected chi connectivity index (χ1v) is 4.72. The van der Waals surface area contributed by atoms with E-state index in [1.165, 1.54) is 6.07 Å². The topological polar surface area (TPSA) is 12.0 Å². The third-order valence-electron chi connectivity index (χ3n) is 2.73. The van der Waals surface area contributed by atoms with Crippen LogP contribution in [0, 0.1) is 11.7 Å². The van der Waals surface area contributed by atoms with E-state index in [1.807, 2.05) is 6.07 Å². The predicted octanol–water partition coefficient (Wildman–Crippen LogP) is 2.99. The molecule has 0 bridgehead atoms. The van der Waals surface area contributed by atoms with E-state index in [4.69, 9.17) is 0 Å². The van der Waals surface area contributed by atoms with Crippen molar-refractivity contribution in [2.45, 2.75) is 19.8 Å². The highest BCUT2D eigenvalue weighted by Gasteiger charge is 2.24. The van der Waals surface area contributed by atoms with Gasteiger partial charge in [0.15, 0.2) is 0 Å². The van der Waals surface area contributed by atoms with Gasteiger partial charge in [-0.25, -0.2) is 4.39 Å². The van der Waals surface area contributed by atoms with Crippen molar-refractivity contribution in [2.24, 2.45) is 5.92 Å². The number of hydrogen-bond donors (Lipinski definition) is 1. The summed E-state index contributed by atoms with van der Waals surface area (Å²) in [6, 6.07) is 4.99. The van der Waals surface area contributed by atoms with E-state index in [0.717, 1.165) is 17.8 Å². The van der Waals surface area contributed by atoms with Crippen LogP contribution >= 0.6 is 0 Å². The summed E-state index contributed by atoms with van der Waals surface area (Å²) in [5.41, 5.74) is 2.23. The molecule has 0 unspecified atom stereocenters. The van der Waals surface area contributed by atoms with Gasteiger partial charge in [0.25, 0.3) is 0 Å². The molecule has 0 spiro atoms. The van der Waals surface area contributed by atoms with Crippen LogP contribution in [0.25, 0.3) is 0 Å². The van der Waals surface area contributed by atoms with Crippen molar-refractivity contribution in [2.75, 3.05) is 11.9 Å². The number of benzene rings is 1. The highest BCUT2D eigenvalue weighted by atomic mass is 19.1. The SMILES string of the molecule is CC(C)[C@@H]1CNc2ccc(F)cc21. The van der Waals surface area contributed by atoms with E-state index >= 15 is 0 Å². The lowest BCUT2D eigenvalue weighted by Crippen LogP contribution is -2.08. The monoisotopic (exact) mass is 179 g/mol. The molecular weight excluding hydrogens is 165 g/mol. The van der Waals surface area contributed by atoms with Crippen LogP contribution in [-0.2, 0) is 0 Å². The van der Waals surface area contributed by atoms with Crippen molar-refractivity contribution in [1.29, 1.82) is 0 Å². The molecule has 0 saturated carbocycles. The molecule has 2 heteroatoms. The number of halogens is 1. The van der Waals surface area contributed by atoms with Crippen molar-refractivity contribution in [3.05, 3.63) is 29.6 Å². The lowest BCUT2D eigenvalue weighted by molar-refractivity contribution is 0.529. The quantitative estimate of drug-likeness (QED) is 0.698. The van der Waals surface area contributed by atoms with E-state index in [0.29, 0.717) is 11.8 Å². The molecule has 0 amide bonds. The normalized spacial score (nSPS) is 20.2. The summed E-state index contributed by atoms with van der Waals surface area (Å²) >= 11 is 0. The molecule has 2 rings (SSSR count). The maximum absolute atomic E-state index is 13.0. The molecule has 1 aliphatic heterocycles. The Kier molecular flexibility index (Phi) is 1.98. The third-order valence-corrected chi connectivity index (χ3v) is 2.73. The highest BCUT2D eigenvalue weighted by Crippen LogP contribution is 2.36. The summed E-state index contributed by atoms with van der Waals surface area (Å²) in [7, 11) is 0. The molecule has 70 valence electrons. The highest BCUT2D eigenvalue weighted by molar-refractivity contribution is 5.57. The van der Waals surface area contributed by atoms with E-state index in [-0.39, 0.29) is 5.82 Å². The van der Waals surface area contributed by atoms with E-state index in [2.05, 4.69) is 19.2 Å². The van der Waals surface area contributed by atoms with E-state index < -0.39 is 0 Å². The smallest absolute Gasteiger partial charge is 0.123 e. The molecule has 1 aromatic carbocycles. The van der Waals surface area contributed by atoms with Gasteiger partial charge in [-0.05, 0) is 29.7 Å². The summed E-state index contributed by atoms with van der Waals surface area (Å²) in [5, 5.41) is 3.29. The van der Waals surface area contributed by atoms with Gasteiger partial charge in [0.2, 0.25) is 0 Å². The summed E-state index contributed by atoms with van der Waals surface area (Å²) in [4.78, 5) is 0. The zero-order valence-electron chi connectivity index (χ0n) is 7.97. The molecular formula is C11H14FN. The van der Waals surface area contributed by atoms with Crippen molar-refractivity contribution in [3.63, 3.8) is 0 Å². The molecule has 0 radical (unpaired) electrons. The fourth-order valence-corrected chi connectivity index (χ4v) is 1.93. The standard InChI is InChI=1S/C11H14FN/c1-7(2)10-6-13-11-4-3-8(12)5-9(10)11/h3-5,7,10,13H,6H2,1-2H3/t10-/m0/s1. The first-order valence-electron chi connectivity index (χ1n) is 4.72. The second-order valence-corrected chi connectivity index (χ2v) is 3.96. The maximum Gasteiger partial charge on any atom is 0.123 e. The Morgan fingerprint density at radius 1 is 1.46 bits per heavy atom. The van der Waals surface area contributed by atoms with Crippen LogP contribution in [0.4, 0.5) is 10.1 Å². The molecule has 1 aromatic rings. The van der Waals surface area contributed by atoms with Crippen LogP contribution < -0.4 is 5.32 Å². The lowest BCUT2D eigenvalue weighted by Gasteiger charge is -2.13. The molecule has 1 aliphatic rings. The van der Waals surface area contributed by atoms with Crippen LogP contribution in [0.1, 0.15) is 25.3 Å². The van der Waals surface area contributed by atoms with Gasteiger partial charge in [0.05, 0.1) is 0 Å². The second-order valence-electron chi connectivity index (χ2n) is 3.96. The Morgan fingerprint density at radius 3 is 2.92 bits per heavy atom. The minimum absolute atomic E-state index is 0.131. The van der Waals surface area contributed by atoms with Crippen molar-refractivity contribution < 1.29 is 4.39 Å². The second kappa shape index (κ2) is 3.02. The number of fused-ring (bicyclic) bond motifs is 1. The Bertz CT molecular complexity index is 320. The minimum Gasteiger partial charge on any atom is -0.384 e. The molecule has 1 N–H and O–H groups in total. The molecule has 0 fully saturated rings.